The third-order valence-corrected chi connectivity index (χ3v) is 3.61. The Morgan fingerprint density at radius 3 is 2.50 bits per heavy atom. The van der Waals surface area contributed by atoms with Gasteiger partial charge in [-0.25, -0.2) is 0 Å². The fourth-order valence-corrected chi connectivity index (χ4v) is 2.23. The normalized spacial score (nSPS) is 10.2. The van der Waals surface area contributed by atoms with E-state index in [9.17, 15) is 9.59 Å². The summed E-state index contributed by atoms with van der Waals surface area (Å²) in [6.07, 6.45) is 4.19. The number of benzene rings is 1. The number of rotatable bonds is 8. The lowest BCUT2D eigenvalue weighted by molar-refractivity contribution is 0.0949. The maximum atomic E-state index is 12.2. The average molecular weight is 325 g/mol. The molecule has 0 saturated heterocycles. The van der Waals surface area contributed by atoms with Crippen molar-refractivity contribution in [2.45, 2.75) is 26.2 Å². The first kappa shape index (κ1) is 17.7. The van der Waals surface area contributed by atoms with Gasteiger partial charge in [-0.2, -0.15) is 0 Å². The first-order valence-electron chi connectivity index (χ1n) is 8.27. The SMILES string of the molecule is CCCCNC(=O)c1ccnc(C(=O)NCCc2ccccc2)c1. The van der Waals surface area contributed by atoms with E-state index < -0.39 is 0 Å². The highest BCUT2D eigenvalue weighted by Gasteiger charge is 2.11. The zero-order valence-electron chi connectivity index (χ0n) is 13.9. The van der Waals surface area contributed by atoms with Crippen molar-refractivity contribution < 1.29 is 9.59 Å². The summed E-state index contributed by atoms with van der Waals surface area (Å²) < 4.78 is 0. The second-order valence-electron chi connectivity index (χ2n) is 5.53. The summed E-state index contributed by atoms with van der Waals surface area (Å²) in [7, 11) is 0. The number of aromatic nitrogens is 1. The zero-order valence-corrected chi connectivity index (χ0v) is 13.9. The van der Waals surface area contributed by atoms with Crippen molar-refractivity contribution in [1.82, 2.24) is 15.6 Å². The van der Waals surface area contributed by atoms with E-state index in [-0.39, 0.29) is 17.5 Å². The van der Waals surface area contributed by atoms with Crippen molar-refractivity contribution in [3.8, 4) is 0 Å². The largest absolute Gasteiger partial charge is 0.352 e. The van der Waals surface area contributed by atoms with E-state index in [1.54, 1.807) is 6.07 Å². The molecule has 2 N–H and O–H groups in total. The van der Waals surface area contributed by atoms with Crippen LogP contribution in [-0.4, -0.2) is 29.9 Å². The third kappa shape index (κ3) is 5.50. The monoisotopic (exact) mass is 325 g/mol. The number of pyridine rings is 1. The van der Waals surface area contributed by atoms with Crippen LogP contribution in [0.15, 0.2) is 48.7 Å². The molecule has 2 aromatic rings. The Bertz CT molecular complexity index is 671. The van der Waals surface area contributed by atoms with Crippen molar-refractivity contribution in [3.63, 3.8) is 0 Å². The Morgan fingerprint density at radius 1 is 1.00 bits per heavy atom. The molecule has 0 fully saturated rings. The Labute approximate surface area is 142 Å². The van der Waals surface area contributed by atoms with Gasteiger partial charge in [-0.05, 0) is 30.5 Å². The highest BCUT2D eigenvalue weighted by molar-refractivity contribution is 5.98. The van der Waals surface area contributed by atoms with Gasteiger partial charge >= 0.3 is 0 Å². The molecule has 1 heterocycles. The topological polar surface area (TPSA) is 71.1 Å². The van der Waals surface area contributed by atoms with Crippen LogP contribution in [0.3, 0.4) is 0 Å². The highest BCUT2D eigenvalue weighted by atomic mass is 16.2. The van der Waals surface area contributed by atoms with E-state index >= 15 is 0 Å². The van der Waals surface area contributed by atoms with Crippen molar-refractivity contribution in [2.24, 2.45) is 0 Å². The highest BCUT2D eigenvalue weighted by Crippen LogP contribution is 2.03. The second kappa shape index (κ2) is 9.45. The molecule has 0 saturated carbocycles. The van der Waals surface area contributed by atoms with Gasteiger partial charge in [0.25, 0.3) is 11.8 Å². The average Bonchev–Trinajstić information content (AvgIpc) is 2.63. The Kier molecular flexibility index (Phi) is 6.95. The first-order valence-corrected chi connectivity index (χ1v) is 8.27. The van der Waals surface area contributed by atoms with Gasteiger partial charge in [0.1, 0.15) is 5.69 Å². The number of carbonyl (C=O) groups is 2. The summed E-state index contributed by atoms with van der Waals surface area (Å²) >= 11 is 0. The van der Waals surface area contributed by atoms with E-state index in [0.29, 0.717) is 18.7 Å². The smallest absolute Gasteiger partial charge is 0.269 e. The van der Waals surface area contributed by atoms with Crippen molar-refractivity contribution in [3.05, 3.63) is 65.5 Å². The van der Waals surface area contributed by atoms with Crippen molar-refractivity contribution in [1.29, 1.82) is 0 Å². The van der Waals surface area contributed by atoms with Crippen LogP contribution >= 0.6 is 0 Å². The number of carbonyl (C=O) groups excluding carboxylic acids is 2. The summed E-state index contributed by atoms with van der Waals surface area (Å²) in [5.74, 6) is -0.446. The van der Waals surface area contributed by atoms with Crippen molar-refractivity contribution >= 4 is 11.8 Å². The summed E-state index contributed by atoms with van der Waals surface area (Å²) in [5.41, 5.74) is 1.87. The predicted octanol–water partition coefficient (Wildman–Crippen LogP) is 2.58. The molecule has 5 nitrogen and oxygen atoms in total. The second-order valence-corrected chi connectivity index (χ2v) is 5.53. The van der Waals surface area contributed by atoms with Crippen LogP contribution < -0.4 is 10.6 Å². The molecule has 1 aromatic carbocycles. The van der Waals surface area contributed by atoms with Gasteiger partial charge < -0.3 is 10.6 Å². The number of amides is 2. The van der Waals surface area contributed by atoms with E-state index in [0.717, 1.165) is 24.8 Å². The van der Waals surface area contributed by atoms with E-state index in [1.807, 2.05) is 30.3 Å². The molecule has 2 amide bonds. The molecule has 0 bridgehead atoms. The van der Waals surface area contributed by atoms with Crippen LogP contribution in [0.5, 0.6) is 0 Å². The summed E-state index contributed by atoms with van der Waals surface area (Å²) in [6.45, 7) is 3.23. The fourth-order valence-electron chi connectivity index (χ4n) is 2.23. The molecule has 0 spiro atoms. The molecule has 0 atom stereocenters. The van der Waals surface area contributed by atoms with E-state index in [2.05, 4.69) is 22.5 Å². The summed E-state index contributed by atoms with van der Waals surface area (Å²) in [5, 5.41) is 5.67. The number of nitrogens with zero attached hydrogens (tertiary/aromatic N) is 1. The molecule has 0 aliphatic rings. The molecule has 5 heteroatoms. The van der Waals surface area contributed by atoms with Crippen LogP contribution in [-0.2, 0) is 6.42 Å². The molecule has 0 unspecified atom stereocenters. The Morgan fingerprint density at radius 2 is 1.75 bits per heavy atom. The molecule has 0 aliphatic carbocycles. The molecule has 126 valence electrons. The lowest BCUT2D eigenvalue weighted by atomic mass is 10.1. The van der Waals surface area contributed by atoms with E-state index in [4.69, 9.17) is 0 Å². The van der Waals surface area contributed by atoms with Gasteiger partial charge in [0, 0.05) is 24.8 Å². The predicted molar refractivity (Wildman–Crippen MR) is 94.0 cm³/mol. The van der Waals surface area contributed by atoms with Gasteiger partial charge in [0.2, 0.25) is 0 Å². The molecular formula is C19H23N3O2. The number of hydrogen-bond acceptors (Lipinski definition) is 3. The minimum absolute atomic E-state index is 0.177. The molecule has 2 rings (SSSR count). The lowest BCUT2D eigenvalue weighted by Crippen LogP contribution is -2.28. The maximum absolute atomic E-state index is 12.2. The number of nitrogens with one attached hydrogen (secondary N) is 2. The minimum Gasteiger partial charge on any atom is -0.352 e. The van der Waals surface area contributed by atoms with Gasteiger partial charge in [-0.15, -0.1) is 0 Å². The molecular weight excluding hydrogens is 302 g/mol. The number of hydrogen-bond donors (Lipinski definition) is 2. The van der Waals surface area contributed by atoms with Gasteiger partial charge in [-0.3, -0.25) is 14.6 Å². The standard InChI is InChI=1S/C19H23N3O2/c1-2-3-11-21-18(23)16-10-13-20-17(14-16)19(24)22-12-9-15-7-5-4-6-8-15/h4-8,10,13-14H,2-3,9,11-12H2,1H3,(H,21,23)(H,22,24). The summed E-state index contributed by atoms with van der Waals surface area (Å²) in [4.78, 5) is 28.2. The van der Waals surface area contributed by atoms with Gasteiger partial charge in [-0.1, -0.05) is 43.7 Å². The first-order chi connectivity index (χ1) is 11.7. The Hall–Kier alpha value is -2.69. The van der Waals surface area contributed by atoms with Crippen LogP contribution in [0.25, 0.3) is 0 Å². The van der Waals surface area contributed by atoms with Gasteiger partial charge in [0.05, 0.1) is 0 Å². The van der Waals surface area contributed by atoms with Crippen LogP contribution in [0.1, 0.15) is 46.2 Å². The fraction of sp³-hybridized carbons (Fsp3) is 0.316. The molecule has 1 aromatic heterocycles. The zero-order chi connectivity index (χ0) is 17.2. The quantitative estimate of drug-likeness (QED) is 0.733. The van der Waals surface area contributed by atoms with E-state index in [1.165, 1.54) is 12.3 Å². The minimum atomic E-state index is -0.269. The third-order valence-electron chi connectivity index (χ3n) is 3.61. The number of unbranched alkanes of at least 4 members (excludes halogenated alkanes) is 1. The van der Waals surface area contributed by atoms with Crippen molar-refractivity contribution in [2.75, 3.05) is 13.1 Å². The van der Waals surface area contributed by atoms with Crippen LogP contribution in [0, 0.1) is 0 Å². The Balaban J connectivity index is 1.87. The van der Waals surface area contributed by atoms with Crippen LogP contribution in [0.4, 0.5) is 0 Å². The summed E-state index contributed by atoms with van der Waals surface area (Å²) in [6, 6.07) is 13.1. The lowest BCUT2D eigenvalue weighted by Gasteiger charge is -2.07. The van der Waals surface area contributed by atoms with Gasteiger partial charge in [0.15, 0.2) is 0 Å². The maximum Gasteiger partial charge on any atom is 0.269 e. The molecule has 24 heavy (non-hydrogen) atoms. The molecule has 0 radical (unpaired) electrons. The molecule has 0 aliphatic heterocycles. The van der Waals surface area contributed by atoms with Crippen LogP contribution in [0.2, 0.25) is 0 Å².